The minimum Gasteiger partial charge on any atom is -0.388 e. The number of nitrogens with one attached hydrogen (secondary N) is 1. The zero-order valence-corrected chi connectivity index (χ0v) is 6.93. The van der Waals surface area contributed by atoms with Gasteiger partial charge in [0.15, 0.2) is 0 Å². The van der Waals surface area contributed by atoms with Gasteiger partial charge in [-0.1, -0.05) is 13.0 Å². The fourth-order valence-corrected chi connectivity index (χ4v) is 0.839. The van der Waals surface area contributed by atoms with Gasteiger partial charge in [0.2, 0.25) is 0 Å². The van der Waals surface area contributed by atoms with Crippen molar-refractivity contribution in [2.45, 2.75) is 32.7 Å². The second kappa shape index (κ2) is 6.62. The molecule has 0 rings (SSSR count). The van der Waals surface area contributed by atoms with Gasteiger partial charge in [0.25, 0.3) is 0 Å². The van der Waals surface area contributed by atoms with Crippen LogP contribution >= 0.6 is 0 Å². The molecule has 0 heterocycles. The largest absolute Gasteiger partial charge is 0.388 e. The van der Waals surface area contributed by atoms with Crippen LogP contribution in [0.3, 0.4) is 0 Å². The van der Waals surface area contributed by atoms with Crippen molar-refractivity contribution in [3.8, 4) is 0 Å². The van der Waals surface area contributed by atoms with Gasteiger partial charge in [0, 0.05) is 6.04 Å². The Morgan fingerprint density at radius 1 is 1.60 bits per heavy atom. The summed E-state index contributed by atoms with van der Waals surface area (Å²) < 4.78 is 0. The lowest BCUT2D eigenvalue weighted by Crippen LogP contribution is -2.26. The first kappa shape index (κ1) is 9.50. The monoisotopic (exact) mass is 142 g/mol. The highest BCUT2D eigenvalue weighted by Crippen LogP contribution is 1.94. The fraction of sp³-hybridized carbons (Fsp3) is 0.750. The molecule has 1 unspecified atom stereocenters. The van der Waals surface area contributed by atoms with E-state index in [1.54, 1.807) is 0 Å². The van der Waals surface area contributed by atoms with Crippen molar-refractivity contribution in [2.75, 3.05) is 6.54 Å². The second-order valence-corrected chi connectivity index (χ2v) is 2.35. The number of allylic oxidation sites excluding steroid dienone is 1. The third-order valence-corrected chi connectivity index (χ3v) is 1.51. The molecule has 0 aromatic rings. The molecule has 0 spiro atoms. The number of nitrogens with two attached hydrogens (primary N) is 1. The third kappa shape index (κ3) is 4.39. The molecule has 0 aliphatic rings. The molecule has 0 radical (unpaired) electrons. The molecular weight excluding hydrogens is 124 g/mol. The molecule has 1 atom stereocenters. The topological polar surface area (TPSA) is 38.0 Å². The zero-order chi connectivity index (χ0) is 7.82. The summed E-state index contributed by atoms with van der Waals surface area (Å²) in [6, 6.07) is 0.557. The Labute approximate surface area is 63.5 Å². The predicted octanol–water partition coefficient (Wildman–Crippen LogP) is 1.24. The summed E-state index contributed by atoms with van der Waals surface area (Å²) >= 11 is 0. The standard InChI is InChI=1S/C8H18N2/c1-3-7-10-8(4-2)5-6-9/h3,7-8,10H,4-6,9H2,1-2H3/b7-3-. The Kier molecular flexibility index (Phi) is 6.29. The van der Waals surface area contributed by atoms with Crippen LogP contribution in [0.5, 0.6) is 0 Å². The SMILES string of the molecule is C/C=C\NC(CC)CCN. The Balaban J connectivity index is 3.39. The molecule has 0 fully saturated rings. The van der Waals surface area contributed by atoms with E-state index in [1.165, 1.54) is 0 Å². The highest BCUT2D eigenvalue weighted by atomic mass is 14.9. The summed E-state index contributed by atoms with van der Waals surface area (Å²) in [6.45, 7) is 4.93. The molecule has 60 valence electrons. The average molecular weight is 142 g/mol. The van der Waals surface area contributed by atoms with Gasteiger partial charge in [-0.15, -0.1) is 0 Å². The Morgan fingerprint density at radius 3 is 2.70 bits per heavy atom. The van der Waals surface area contributed by atoms with Crippen LogP contribution in [-0.2, 0) is 0 Å². The zero-order valence-electron chi connectivity index (χ0n) is 6.93. The summed E-state index contributed by atoms with van der Waals surface area (Å²) in [4.78, 5) is 0. The lowest BCUT2D eigenvalue weighted by molar-refractivity contribution is 0.533. The molecular formula is C8H18N2. The summed E-state index contributed by atoms with van der Waals surface area (Å²) in [7, 11) is 0. The maximum absolute atomic E-state index is 5.41. The van der Waals surface area contributed by atoms with Gasteiger partial charge in [0.1, 0.15) is 0 Å². The normalized spacial score (nSPS) is 13.9. The van der Waals surface area contributed by atoms with Crippen molar-refractivity contribution < 1.29 is 0 Å². The van der Waals surface area contributed by atoms with Crippen LogP contribution in [0.2, 0.25) is 0 Å². The first-order valence-electron chi connectivity index (χ1n) is 3.92. The number of hydrogen-bond acceptors (Lipinski definition) is 2. The van der Waals surface area contributed by atoms with E-state index in [0.29, 0.717) is 6.04 Å². The van der Waals surface area contributed by atoms with Crippen LogP contribution in [0.25, 0.3) is 0 Å². The van der Waals surface area contributed by atoms with E-state index in [-0.39, 0.29) is 0 Å². The minimum absolute atomic E-state index is 0.557. The Bertz CT molecular complexity index is 89.3. The van der Waals surface area contributed by atoms with E-state index >= 15 is 0 Å². The summed E-state index contributed by atoms with van der Waals surface area (Å²) in [5.41, 5.74) is 5.41. The third-order valence-electron chi connectivity index (χ3n) is 1.51. The van der Waals surface area contributed by atoms with E-state index in [4.69, 9.17) is 5.73 Å². The molecule has 0 saturated heterocycles. The first-order chi connectivity index (χ1) is 4.85. The van der Waals surface area contributed by atoms with Gasteiger partial charge in [-0.25, -0.2) is 0 Å². The van der Waals surface area contributed by atoms with Crippen LogP contribution in [0.4, 0.5) is 0 Å². The van der Waals surface area contributed by atoms with Crippen molar-refractivity contribution in [1.82, 2.24) is 5.32 Å². The van der Waals surface area contributed by atoms with E-state index in [1.807, 2.05) is 19.2 Å². The fourth-order valence-electron chi connectivity index (χ4n) is 0.839. The highest BCUT2D eigenvalue weighted by molar-refractivity contribution is 4.79. The molecule has 0 aliphatic carbocycles. The van der Waals surface area contributed by atoms with Gasteiger partial charge in [-0.05, 0) is 32.5 Å². The molecule has 3 N–H and O–H groups in total. The van der Waals surface area contributed by atoms with E-state index in [0.717, 1.165) is 19.4 Å². The van der Waals surface area contributed by atoms with Gasteiger partial charge in [-0.3, -0.25) is 0 Å². The number of rotatable bonds is 5. The summed E-state index contributed by atoms with van der Waals surface area (Å²) in [6.07, 6.45) is 6.17. The minimum atomic E-state index is 0.557. The van der Waals surface area contributed by atoms with Crippen molar-refractivity contribution in [3.05, 3.63) is 12.3 Å². The van der Waals surface area contributed by atoms with Crippen LogP contribution < -0.4 is 11.1 Å². The van der Waals surface area contributed by atoms with Crippen LogP contribution in [-0.4, -0.2) is 12.6 Å². The molecule has 0 aliphatic heterocycles. The predicted molar refractivity (Wildman–Crippen MR) is 45.7 cm³/mol. The average Bonchev–Trinajstić information content (AvgIpc) is 1.98. The van der Waals surface area contributed by atoms with Crippen molar-refractivity contribution >= 4 is 0 Å². The van der Waals surface area contributed by atoms with E-state index in [9.17, 15) is 0 Å². The van der Waals surface area contributed by atoms with Crippen LogP contribution in [0.1, 0.15) is 26.7 Å². The second-order valence-electron chi connectivity index (χ2n) is 2.35. The Morgan fingerprint density at radius 2 is 2.30 bits per heavy atom. The molecule has 0 bridgehead atoms. The van der Waals surface area contributed by atoms with Crippen molar-refractivity contribution in [1.29, 1.82) is 0 Å². The summed E-state index contributed by atoms with van der Waals surface area (Å²) in [5.74, 6) is 0. The van der Waals surface area contributed by atoms with E-state index in [2.05, 4.69) is 12.2 Å². The summed E-state index contributed by atoms with van der Waals surface area (Å²) in [5, 5.41) is 3.26. The smallest absolute Gasteiger partial charge is 0.0265 e. The molecule has 2 heteroatoms. The van der Waals surface area contributed by atoms with Gasteiger partial charge in [0.05, 0.1) is 0 Å². The quantitative estimate of drug-likeness (QED) is 0.606. The maximum atomic E-state index is 5.41. The lowest BCUT2D eigenvalue weighted by Gasteiger charge is -2.12. The van der Waals surface area contributed by atoms with Gasteiger partial charge >= 0.3 is 0 Å². The molecule has 0 saturated carbocycles. The van der Waals surface area contributed by atoms with Crippen LogP contribution in [0.15, 0.2) is 12.3 Å². The molecule has 0 aromatic heterocycles. The van der Waals surface area contributed by atoms with Crippen molar-refractivity contribution in [3.63, 3.8) is 0 Å². The molecule has 0 aromatic carbocycles. The van der Waals surface area contributed by atoms with E-state index < -0.39 is 0 Å². The lowest BCUT2D eigenvalue weighted by atomic mass is 10.1. The molecule has 10 heavy (non-hydrogen) atoms. The Hall–Kier alpha value is -0.500. The molecule has 0 amide bonds. The first-order valence-corrected chi connectivity index (χ1v) is 3.92. The highest BCUT2D eigenvalue weighted by Gasteiger charge is 1.99. The molecule has 2 nitrogen and oxygen atoms in total. The van der Waals surface area contributed by atoms with Crippen molar-refractivity contribution in [2.24, 2.45) is 5.73 Å². The van der Waals surface area contributed by atoms with Gasteiger partial charge < -0.3 is 11.1 Å². The van der Waals surface area contributed by atoms with Crippen LogP contribution in [0, 0.1) is 0 Å². The number of hydrogen-bond donors (Lipinski definition) is 2. The maximum Gasteiger partial charge on any atom is 0.0265 e. The van der Waals surface area contributed by atoms with Gasteiger partial charge in [-0.2, -0.15) is 0 Å².